The van der Waals surface area contributed by atoms with E-state index in [1.54, 1.807) is 12.1 Å². The van der Waals surface area contributed by atoms with E-state index in [1.807, 2.05) is 0 Å². The summed E-state index contributed by atoms with van der Waals surface area (Å²) in [5.74, 6) is 0.429. The molecule has 0 unspecified atom stereocenters. The third kappa shape index (κ3) is 2.82. The highest BCUT2D eigenvalue weighted by Crippen LogP contribution is 2.17. The molecule has 8 heteroatoms. The van der Waals surface area contributed by atoms with Crippen LogP contribution in [0.1, 0.15) is 0 Å². The van der Waals surface area contributed by atoms with Crippen molar-refractivity contribution in [1.29, 1.82) is 0 Å². The van der Waals surface area contributed by atoms with Gasteiger partial charge in [0, 0.05) is 23.9 Å². The second-order valence-electron chi connectivity index (χ2n) is 3.36. The second kappa shape index (κ2) is 4.95. The normalized spacial score (nSPS) is 9.78. The number of non-ortho nitro benzene ring substituents is 1. The molecule has 18 heavy (non-hydrogen) atoms. The van der Waals surface area contributed by atoms with Gasteiger partial charge in [-0.05, 0) is 6.07 Å². The van der Waals surface area contributed by atoms with Crippen molar-refractivity contribution in [2.45, 2.75) is 0 Å². The number of aromatic amines is 1. The number of nitro benzene ring substituents is 1. The predicted molar refractivity (Wildman–Crippen MR) is 64.3 cm³/mol. The SMILES string of the molecule is O=C(Nc1cccc([N+](=O)[O-])c1)Nc1ccn[nH]1. The molecule has 0 atom stereocenters. The standard InChI is InChI=1S/C10H9N5O3/c16-10(13-9-4-5-11-14-9)12-7-2-1-3-8(6-7)15(17)18/h1-6H,(H3,11,12,13,14,16). The summed E-state index contributed by atoms with van der Waals surface area (Å²) in [6.45, 7) is 0. The van der Waals surface area contributed by atoms with Gasteiger partial charge in [-0.25, -0.2) is 4.79 Å². The highest BCUT2D eigenvalue weighted by atomic mass is 16.6. The molecule has 1 heterocycles. The fourth-order valence-electron chi connectivity index (χ4n) is 1.31. The second-order valence-corrected chi connectivity index (χ2v) is 3.36. The summed E-state index contributed by atoms with van der Waals surface area (Å²) in [5.41, 5.74) is 0.246. The van der Waals surface area contributed by atoms with Crippen molar-refractivity contribution in [3.8, 4) is 0 Å². The quantitative estimate of drug-likeness (QED) is 0.568. The van der Waals surface area contributed by atoms with Crippen LogP contribution in [-0.2, 0) is 0 Å². The third-order valence-corrected chi connectivity index (χ3v) is 2.06. The van der Waals surface area contributed by atoms with Gasteiger partial charge in [0.05, 0.1) is 11.1 Å². The number of nitrogens with one attached hydrogen (secondary N) is 3. The Morgan fingerprint density at radius 3 is 2.83 bits per heavy atom. The zero-order valence-corrected chi connectivity index (χ0v) is 9.08. The maximum atomic E-state index is 11.5. The number of rotatable bonds is 3. The van der Waals surface area contributed by atoms with E-state index in [0.29, 0.717) is 11.5 Å². The zero-order valence-electron chi connectivity index (χ0n) is 9.08. The molecule has 0 aliphatic rings. The summed E-state index contributed by atoms with van der Waals surface area (Å²) in [4.78, 5) is 21.6. The first-order chi connectivity index (χ1) is 8.65. The summed E-state index contributed by atoms with van der Waals surface area (Å²) >= 11 is 0. The average Bonchev–Trinajstić information content (AvgIpc) is 2.82. The highest BCUT2D eigenvalue weighted by molar-refractivity contribution is 5.99. The Balaban J connectivity index is 2.03. The van der Waals surface area contributed by atoms with Crippen LogP contribution < -0.4 is 10.6 Å². The van der Waals surface area contributed by atoms with Gasteiger partial charge in [0.2, 0.25) is 0 Å². The molecule has 0 saturated heterocycles. The molecule has 0 aliphatic heterocycles. The van der Waals surface area contributed by atoms with Crippen LogP contribution in [0.3, 0.4) is 0 Å². The van der Waals surface area contributed by atoms with Gasteiger partial charge in [-0.15, -0.1) is 0 Å². The number of nitrogens with zero attached hydrogens (tertiary/aromatic N) is 2. The van der Waals surface area contributed by atoms with E-state index in [2.05, 4.69) is 20.8 Å². The third-order valence-electron chi connectivity index (χ3n) is 2.06. The monoisotopic (exact) mass is 247 g/mol. The molecule has 0 radical (unpaired) electrons. The molecule has 1 aromatic carbocycles. The Kier molecular flexibility index (Phi) is 3.19. The number of amides is 2. The van der Waals surface area contributed by atoms with Gasteiger partial charge < -0.3 is 5.32 Å². The number of H-pyrrole nitrogens is 1. The number of carbonyl (C=O) groups is 1. The Labute approximate surface area is 101 Å². The van der Waals surface area contributed by atoms with Gasteiger partial charge in [0.25, 0.3) is 5.69 Å². The molecule has 0 fully saturated rings. The summed E-state index contributed by atoms with van der Waals surface area (Å²) in [7, 11) is 0. The molecular weight excluding hydrogens is 238 g/mol. The summed E-state index contributed by atoms with van der Waals surface area (Å²) in [6, 6.07) is 6.72. The van der Waals surface area contributed by atoms with Gasteiger partial charge in [-0.2, -0.15) is 5.10 Å². The molecule has 0 saturated carbocycles. The minimum atomic E-state index is -0.530. The van der Waals surface area contributed by atoms with E-state index in [-0.39, 0.29) is 5.69 Å². The van der Waals surface area contributed by atoms with Crippen molar-refractivity contribution in [3.63, 3.8) is 0 Å². The topological polar surface area (TPSA) is 113 Å². The Hall–Kier alpha value is -2.90. The van der Waals surface area contributed by atoms with E-state index in [4.69, 9.17) is 0 Å². The number of anilines is 2. The van der Waals surface area contributed by atoms with Gasteiger partial charge >= 0.3 is 6.03 Å². The molecule has 1 aromatic heterocycles. The highest BCUT2D eigenvalue weighted by Gasteiger charge is 2.08. The molecular formula is C10H9N5O3. The Morgan fingerprint density at radius 1 is 1.33 bits per heavy atom. The minimum Gasteiger partial charge on any atom is -0.307 e. The largest absolute Gasteiger partial charge is 0.324 e. The lowest BCUT2D eigenvalue weighted by atomic mass is 10.3. The van der Waals surface area contributed by atoms with Gasteiger partial charge in [0.15, 0.2) is 0 Å². The number of carbonyl (C=O) groups excluding carboxylic acids is 1. The van der Waals surface area contributed by atoms with Crippen LogP contribution in [0, 0.1) is 10.1 Å². The van der Waals surface area contributed by atoms with Crippen molar-refractivity contribution in [2.24, 2.45) is 0 Å². The van der Waals surface area contributed by atoms with Crippen LogP contribution in [0.15, 0.2) is 36.5 Å². The smallest absolute Gasteiger partial charge is 0.307 e. The number of hydrogen-bond acceptors (Lipinski definition) is 4. The Morgan fingerprint density at radius 2 is 2.17 bits per heavy atom. The van der Waals surface area contributed by atoms with E-state index >= 15 is 0 Å². The molecule has 3 N–H and O–H groups in total. The van der Waals surface area contributed by atoms with E-state index in [9.17, 15) is 14.9 Å². The van der Waals surface area contributed by atoms with Gasteiger partial charge in [-0.3, -0.25) is 20.5 Å². The van der Waals surface area contributed by atoms with Crippen LogP contribution in [0.25, 0.3) is 0 Å². The molecule has 92 valence electrons. The number of aromatic nitrogens is 2. The van der Waals surface area contributed by atoms with Crippen LogP contribution in [-0.4, -0.2) is 21.2 Å². The molecule has 2 amide bonds. The number of nitro groups is 1. The molecule has 0 spiro atoms. The molecule has 2 rings (SSSR count). The maximum Gasteiger partial charge on any atom is 0.324 e. The number of hydrogen-bond donors (Lipinski definition) is 3. The lowest BCUT2D eigenvalue weighted by Gasteiger charge is -2.05. The van der Waals surface area contributed by atoms with Crippen LogP contribution in [0.4, 0.5) is 22.0 Å². The molecule has 2 aromatic rings. The predicted octanol–water partition coefficient (Wildman–Crippen LogP) is 1.96. The van der Waals surface area contributed by atoms with Crippen LogP contribution >= 0.6 is 0 Å². The maximum absolute atomic E-state index is 11.5. The van der Waals surface area contributed by atoms with Gasteiger partial charge in [-0.1, -0.05) is 6.07 Å². The first-order valence-electron chi connectivity index (χ1n) is 4.97. The first kappa shape index (κ1) is 11.6. The van der Waals surface area contributed by atoms with Crippen LogP contribution in [0.2, 0.25) is 0 Å². The minimum absolute atomic E-state index is 0.0886. The van der Waals surface area contributed by atoms with Crippen molar-refractivity contribution < 1.29 is 9.72 Å². The Bertz CT molecular complexity index is 567. The fourth-order valence-corrected chi connectivity index (χ4v) is 1.31. The van der Waals surface area contributed by atoms with Crippen LogP contribution in [0.5, 0.6) is 0 Å². The average molecular weight is 247 g/mol. The van der Waals surface area contributed by atoms with Crippen molar-refractivity contribution in [1.82, 2.24) is 10.2 Å². The molecule has 0 aliphatic carbocycles. The van der Waals surface area contributed by atoms with Crippen molar-refractivity contribution in [3.05, 3.63) is 46.6 Å². The van der Waals surface area contributed by atoms with E-state index < -0.39 is 11.0 Å². The fraction of sp³-hybridized carbons (Fsp3) is 0. The lowest BCUT2D eigenvalue weighted by Crippen LogP contribution is -2.19. The lowest BCUT2D eigenvalue weighted by molar-refractivity contribution is -0.384. The van der Waals surface area contributed by atoms with E-state index in [1.165, 1.54) is 24.4 Å². The first-order valence-corrected chi connectivity index (χ1v) is 4.97. The zero-order chi connectivity index (χ0) is 13.0. The van der Waals surface area contributed by atoms with Gasteiger partial charge in [0.1, 0.15) is 5.82 Å². The number of benzene rings is 1. The summed E-state index contributed by atoms with van der Waals surface area (Å²) in [6.07, 6.45) is 1.49. The summed E-state index contributed by atoms with van der Waals surface area (Å²) in [5, 5.41) is 21.7. The molecule has 8 nitrogen and oxygen atoms in total. The number of urea groups is 1. The van der Waals surface area contributed by atoms with E-state index in [0.717, 1.165) is 0 Å². The molecule has 0 bridgehead atoms. The van der Waals surface area contributed by atoms with Crippen molar-refractivity contribution in [2.75, 3.05) is 10.6 Å². The summed E-state index contributed by atoms with van der Waals surface area (Å²) < 4.78 is 0. The van der Waals surface area contributed by atoms with Crippen molar-refractivity contribution >= 4 is 23.2 Å².